The van der Waals surface area contributed by atoms with Gasteiger partial charge in [-0.25, -0.2) is 0 Å². The number of unbranched alkanes of at least 4 members (excludes halogenated alkanes) is 7. The van der Waals surface area contributed by atoms with E-state index in [4.69, 9.17) is 28.4 Å². The number of rotatable bonds is 9. The quantitative estimate of drug-likeness (QED) is 0.542. The molecule has 1 fully saturated rings. The minimum atomic E-state index is 0.141. The lowest BCUT2D eigenvalue weighted by Crippen LogP contribution is -2.24. The van der Waals surface area contributed by atoms with Gasteiger partial charge in [0.05, 0.1) is 78.8 Å². The Kier molecular flexibility index (Phi) is 19.8. The molecular weight excluding hydrogens is 360 g/mol. The van der Waals surface area contributed by atoms with Crippen molar-refractivity contribution >= 4 is 0 Å². The normalized spacial score (nSPS) is 22.4. The Hall–Kier alpha value is -0.240. The highest BCUT2D eigenvalue weighted by atomic mass is 16.6. The maximum atomic E-state index is 6.00. The zero-order valence-corrected chi connectivity index (χ0v) is 18.2. The first-order valence-electron chi connectivity index (χ1n) is 11.4. The molecular formula is C22H44O6. The minimum absolute atomic E-state index is 0.141. The Morgan fingerprint density at radius 1 is 0.500 bits per heavy atom. The summed E-state index contributed by atoms with van der Waals surface area (Å²) in [6.45, 7) is 8.79. The zero-order valence-electron chi connectivity index (χ0n) is 18.2. The summed E-state index contributed by atoms with van der Waals surface area (Å²) in [7, 11) is 0. The van der Waals surface area contributed by atoms with Crippen LogP contribution in [0.2, 0.25) is 0 Å². The molecule has 0 aromatic rings. The molecule has 168 valence electrons. The molecule has 1 heterocycles. The van der Waals surface area contributed by atoms with Crippen molar-refractivity contribution in [2.75, 3.05) is 72.7 Å². The second kappa shape index (κ2) is 21.5. The van der Waals surface area contributed by atoms with Crippen LogP contribution in [0.5, 0.6) is 0 Å². The lowest BCUT2D eigenvalue weighted by molar-refractivity contribution is -0.0628. The maximum absolute atomic E-state index is 6.00. The number of hydrogen-bond donors (Lipinski definition) is 0. The van der Waals surface area contributed by atoms with Gasteiger partial charge in [-0.05, 0) is 6.42 Å². The van der Waals surface area contributed by atoms with Gasteiger partial charge in [-0.2, -0.15) is 0 Å². The highest BCUT2D eigenvalue weighted by Crippen LogP contribution is 2.12. The summed E-state index contributed by atoms with van der Waals surface area (Å²) in [5.74, 6) is 0. The summed E-state index contributed by atoms with van der Waals surface area (Å²) >= 11 is 0. The molecule has 0 saturated carbocycles. The third kappa shape index (κ3) is 17.8. The molecule has 1 saturated heterocycles. The second-order valence-corrected chi connectivity index (χ2v) is 7.28. The molecule has 1 unspecified atom stereocenters. The molecule has 0 aromatic heterocycles. The second-order valence-electron chi connectivity index (χ2n) is 7.28. The van der Waals surface area contributed by atoms with Gasteiger partial charge in [0, 0.05) is 0 Å². The van der Waals surface area contributed by atoms with Gasteiger partial charge in [0.1, 0.15) is 0 Å². The van der Waals surface area contributed by atoms with Gasteiger partial charge in [0.25, 0.3) is 0 Å². The number of hydrogen-bond acceptors (Lipinski definition) is 6. The van der Waals surface area contributed by atoms with E-state index in [0.717, 1.165) is 6.42 Å². The first-order chi connectivity index (χ1) is 13.9. The van der Waals surface area contributed by atoms with E-state index in [9.17, 15) is 0 Å². The standard InChI is InChI=1S/C22H44O6/c1-2-3-4-5-6-7-8-9-10-22-21-27-18-17-25-14-13-23-11-12-24-15-16-26-19-20-28-22/h22H,2-21H2,1H3. The molecule has 0 aromatic carbocycles. The Morgan fingerprint density at radius 2 is 0.929 bits per heavy atom. The zero-order chi connectivity index (χ0) is 20.0. The van der Waals surface area contributed by atoms with Gasteiger partial charge in [0.2, 0.25) is 0 Å². The molecule has 1 aliphatic rings. The van der Waals surface area contributed by atoms with Crippen molar-refractivity contribution in [3.8, 4) is 0 Å². The van der Waals surface area contributed by atoms with Crippen LogP contribution in [0, 0.1) is 0 Å². The molecule has 1 atom stereocenters. The Bertz CT molecular complexity index is 285. The van der Waals surface area contributed by atoms with Gasteiger partial charge >= 0.3 is 0 Å². The summed E-state index contributed by atoms with van der Waals surface area (Å²) in [5, 5.41) is 0. The van der Waals surface area contributed by atoms with Gasteiger partial charge in [0.15, 0.2) is 0 Å². The van der Waals surface area contributed by atoms with Crippen LogP contribution in [0.15, 0.2) is 0 Å². The highest BCUT2D eigenvalue weighted by Gasteiger charge is 2.10. The van der Waals surface area contributed by atoms with Crippen LogP contribution in [0.4, 0.5) is 0 Å². The molecule has 28 heavy (non-hydrogen) atoms. The monoisotopic (exact) mass is 404 g/mol. The smallest absolute Gasteiger partial charge is 0.0809 e. The van der Waals surface area contributed by atoms with E-state index in [1.807, 2.05) is 0 Å². The third-order valence-electron chi connectivity index (χ3n) is 4.75. The van der Waals surface area contributed by atoms with E-state index < -0.39 is 0 Å². The predicted molar refractivity (Wildman–Crippen MR) is 111 cm³/mol. The van der Waals surface area contributed by atoms with Crippen molar-refractivity contribution < 1.29 is 28.4 Å². The Morgan fingerprint density at radius 3 is 1.46 bits per heavy atom. The van der Waals surface area contributed by atoms with Crippen LogP contribution in [0.1, 0.15) is 64.7 Å². The topological polar surface area (TPSA) is 55.4 Å². The SMILES string of the molecule is CCCCCCCCCCC1COCCOCCOCCOCCOCCO1. The average Bonchev–Trinajstić information content (AvgIpc) is 2.71. The van der Waals surface area contributed by atoms with E-state index in [1.54, 1.807) is 0 Å². The Balaban J connectivity index is 2.15. The summed E-state index contributed by atoms with van der Waals surface area (Å²) < 4.78 is 33.7. The highest BCUT2D eigenvalue weighted by molar-refractivity contribution is 4.59. The van der Waals surface area contributed by atoms with Crippen LogP contribution < -0.4 is 0 Å². The molecule has 6 nitrogen and oxygen atoms in total. The molecule has 0 spiro atoms. The van der Waals surface area contributed by atoms with Crippen molar-refractivity contribution in [1.29, 1.82) is 0 Å². The van der Waals surface area contributed by atoms with E-state index in [-0.39, 0.29) is 6.10 Å². The maximum Gasteiger partial charge on any atom is 0.0809 e. The molecule has 0 bridgehead atoms. The van der Waals surface area contributed by atoms with E-state index in [1.165, 1.54) is 51.4 Å². The minimum Gasteiger partial charge on any atom is -0.377 e. The van der Waals surface area contributed by atoms with Crippen LogP contribution in [-0.4, -0.2) is 78.8 Å². The predicted octanol–water partition coefficient (Wildman–Crippen LogP) is 4.00. The summed E-state index contributed by atoms with van der Waals surface area (Å²) in [5.41, 5.74) is 0. The van der Waals surface area contributed by atoms with Gasteiger partial charge in [-0.15, -0.1) is 0 Å². The van der Waals surface area contributed by atoms with Gasteiger partial charge in [-0.3, -0.25) is 0 Å². The fourth-order valence-corrected chi connectivity index (χ4v) is 3.09. The van der Waals surface area contributed by atoms with Gasteiger partial charge < -0.3 is 28.4 Å². The van der Waals surface area contributed by atoms with Crippen LogP contribution in [0.3, 0.4) is 0 Å². The van der Waals surface area contributed by atoms with Crippen molar-refractivity contribution in [3.63, 3.8) is 0 Å². The largest absolute Gasteiger partial charge is 0.377 e. The third-order valence-corrected chi connectivity index (χ3v) is 4.75. The van der Waals surface area contributed by atoms with Crippen LogP contribution in [0.25, 0.3) is 0 Å². The molecule has 0 aliphatic carbocycles. The number of ether oxygens (including phenoxy) is 6. The molecule has 1 aliphatic heterocycles. The van der Waals surface area contributed by atoms with E-state index in [0.29, 0.717) is 72.7 Å². The molecule has 1 rings (SSSR count). The van der Waals surface area contributed by atoms with Crippen LogP contribution in [-0.2, 0) is 28.4 Å². The first kappa shape index (κ1) is 25.8. The lowest BCUT2D eigenvalue weighted by Gasteiger charge is -2.18. The molecule has 0 N–H and O–H groups in total. The molecule has 0 amide bonds. The molecule has 6 heteroatoms. The van der Waals surface area contributed by atoms with Crippen molar-refractivity contribution in [2.45, 2.75) is 70.8 Å². The van der Waals surface area contributed by atoms with E-state index >= 15 is 0 Å². The van der Waals surface area contributed by atoms with Crippen LogP contribution >= 0.6 is 0 Å². The molecule has 0 radical (unpaired) electrons. The Labute approximate surface area is 172 Å². The average molecular weight is 405 g/mol. The summed E-state index contributed by atoms with van der Waals surface area (Å²) in [4.78, 5) is 0. The van der Waals surface area contributed by atoms with Crippen molar-refractivity contribution in [2.24, 2.45) is 0 Å². The summed E-state index contributed by atoms with van der Waals surface area (Å²) in [6, 6.07) is 0. The fraction of sp³-hybridized carbons (Fsp3) is 1.00. The lowest BCUT2D eigenvalue weighted by atomic mass is 10.1. The first-order valence-corrected chi connectivity index (χ1v) is 11.4. The van der Waals surface area contributed by atoms with Crippen molar-refractivity contribution in [3.05, 3.63) is 0 Å². The fourth-order valence-electron chi connectivity index (χ4n) is 3.09. The van der Waals surface area contributed by atoms with Gasteiger partial charge in [-0.1, -0.05) is 58.3 Å². The van der Waals surface area contributed by atoms with Crippen molar-refractivity contribution in [1.82, 2.24) is 0 Å². The summed E-state index contributed by atoms with van der Waals surface area (Å²) in [6.07, 6.45) is 11.8. The van der Waals surface area contributed by atoms with E-state index in [2.05, 4.69) is 6.92 Å².